The molecule has 0 N–H and O–H groups in total. The smallest absolute Gasteiger partial charge is 0.425 e. The molecule has 1 unspecified atom stereocenters. The average Bonchev–Trinajstić information content (AvgIpc) is 2.87. The highest BCUT2D eigenvalue weighted by atomic mass is 35.5. The zero-order chi connectivity index (χ0) is 19.9. The van der Waals surface area contributed by atoms with Crippen molar-refractivity contribution in [1.29, 1.82) is 5.26 Å². The first kappa shape index (κ1) is 20.5. The van der Waals surface area contributed by atoms with E-state index in [-0.39, 0.29) is 5.69 Å². The van der Waals surface area contributed by atoms with E-state index in [0.717, 1.165) is 0 Å². The predicted octanol–water partition coefficient (Wildman–Crippen LogP) is 5.58. The van der Waals surface area contributed by atoms with Gasteiger partial charge in [-0.25, -0.2) is 9.07 Å². The van der Waals surface area contributed by atoms with Crippen molar-refractivity contribution < 1.29 is 31.1 Å². The van der Waals surface area contributed by atoms with Crippen LogP contribution in [-0.2, 0) is 6.18 Å². The molecule has 140 valence electrons. The van der Waals surface area contributed by atoms with Crippen LogP contribution >= 0.6 is 34.8 Å². The van der Waals surface area contributed by atoms with Gasteiger partial charge in [-0.05, 0) is 12.1 Å². The van der Waals surface area contributed by atoms with E-state index in [9.17, 15) is 26.3 Å². The molecule has 0 amide bonds. The summed E-state index contributed by atoms with van der Waals surface area (Å²) in [6.45, 7) is 0. The summed E-state index contributed by atoms with van der Waals surface area (Å²) in [6, 6.07) is 2.46. The normalized spacial score (nSPS) is 13.4. The molecule has 2 aromatic rings. The van der Waals surface area contributed by atoms with Gasteiger partial charge in [0.05, 0.1) is 21.8 Å². The van der Waals surface area contributed by atoms with Gasteiger partial charge in [-0.15, -0.1) is 0 Å². The van der Waals surface area contributed by atoms with E-state index >= 15 is 0 Å². The number of alkyl halides is 7. The van der Waals surface area contributed by atoms with Crippen LogP contribution in [0.15, 0.2) is 18.3 Å². The largest absolute Gasteiger partial charge is 0.444 e. The Hall–Kier alpha value is -1.83. The second-order valence-electron chi connectivity index (χ2n) is 4.65. The summed E-state index contributed by atoms with van der Waals surface area (Å²) in [7, 11) is 0. The molecule has 1 heterocycles. The van der Waals surface area contributed by atoms with Gasteiger partial charge in [0.1, 0.15) is 11.8 Å². The second kappa shape index (κ2) is 7.06. The minimum absolute atomic E-state index is 0.335. The Labute approximate surface area is 156 Å². The molecule has 0 spiro atoms. The number of aromatic nitrogens is 2. The van der Waals surface area contributed by atoms with Crippen LogP contribution in [0.1, 0.15) is 11.3 Å². The molecular formula is C13H4Cl3F6N3O. The van der Waals surface area contributed by atoms with Gasteiger partial charge in [0.2, 0.25) is 5.69 Å². The van der Waals surface area contributed by atoms with Crippen LogP contribution in [-0.4, -0.2) is 21.5 Å². The molecule has 1 aromatic heterocycles. The Morgan fingerprint density at radius 2 is 1.69 bits per heavy atom. The first-order valence-corrected chi connectivity index (χ1v) is 7.47. The fourth-order valence-electron chi connectivity index (χ4n) is 1.76. The van der Waals surface area contributed by atoms with Crippen LogP contribution < -0.4 is 4.74 Å². The number of nitrogens with zero attached hydrogens (tertiary/aromatic N) is 3. The molecule has 26 heavy (non-hydrogen) atoms. The molecule has 4 nitrogen and oxygen atoms in total. The maximum absolute atomic E-state index is 13.3. The molecule has 0 aliphatic heterocycles. The van der Waals surface area contributed by atoms with Crippen LogP contribution in [0, 0.1) is 11.3 Å². The van der Waals surface area contributed by atoms with Gasteiger partial charge < -0.3 is 4.74 Å². The van der Waals surface area contributed by atoms with Crippen LogP contribution in [0.25, 0.3) is 5.69 Å². The third-order valence-corrected chi connectivity index (χ3v) is 3.69. The van der Waals surface area contributed by atoms with Crippen molar-refractivity contribution >= 4 is 34.8 Å². The van der Waals surface area contributed by atoms with Gasteiger partial charge in [0.15, 0.2) is 5.75 Å². The number of rotatable bonds is 4. The summed E-state index contributed by atoms with van der Waals surface area (Å²) in [5.74, 6) is -0.882. The SMILES string of the molecule is N#Cc1nn(-c2c(Cl)cc(C(F)(F)F)cc2Cl)cc1OC(F)(F)C(F)Cl. The van der Waals surface area contributed by atoms with Crippen molar-refractivity contribution in [2.24, 2.45) is 0 Å². The Bertz CT molecular complexity index is 852. The van der Waals surface area contributed by atoms with Crippen molar-refractivity contribution in [3.8, 4) is 17.5 Å². The van der Waals surface area contributed by atoms with E-state index in [4.69, 9.17) is 28.5 Å². The van der Waals surface area contributed by atoms with Crippen molar-refractivity contribution in [2.45, 2.75) is 17.9 Å². The van der Waals surface area contributed by atoms with E-state index in [1.54, 1.807) is 0 Å². The summed E-state index contributed by atoms with van der Waals surface area (Å²) in [5, 5.41) is 11.4. The van der Waals surface area contributed by atoms with Crippen LogP contribution in [0.4, 0.5) is 26.3 Å². The highest BCUT2D eigenvalue weighted by molar-refractivity contribution is 6.37. The molecule has 0 radical (unpaired) electrons. The van der Waals surface area contributed by atoms with Gasteiger partial charge in [-0.1, -0.05) is 34.8 Å². The van der Waals surface area contributed by atoms with Crippen molar-refractivity contribution in [3.63, 3.8) is 0 Å². The molecule has 1 aromatic carbocycles. The van der Waals surface area contributed by atoms with Crippen molar-refractivity contribution in [3.05, 3.63) is 39.6 Å². The predicted molar refractivity (Wildman–Crippen MR) is 79.6 cm³/mol. The third-order valence-electron chi connectivity index (χ3n) is 2.86. The zero-order valence-corrected chi connectivity index (χ0v) is 14.2. The van der Waals surface area contributed by atoms with Crippen LogP contribution in [0.3, 0.4) is 0 Å². The lowest BCUT2D eigenvalue weighted by Crippen LogP contribution is -2.32. The Morgan fingerprint density at radius 1 is 1.15 bits per heavy atom. The summed E-state index contributed by atoms with van der Waals surface area (Å²) >= 11 is 16.2. The van der Waals surface area contributed by atoms with Gasteiger partial charge in [0, 0.05) is 0 Å². The lowest BCUT2D eigenvalue weighted by molar-refractivity contribution is -0.199. The van der Waals surface area contributed by atoms with E-state index in [0.29, 0.717) is 23.0 Å². The van der Waals surface area contributed by atoms with Crippen LogP contribution in [0.5, 0.6) is 5.75 Å². The Balaban J connectivity index is 2.53. The minimum Gasteiger partial charge on any atom is -0.425 e. The number of ether oxygens (including phenoxy) is 1. The molecule has 0 fully saturated rings. The molecule has 13 heteroatoms. The number of hydrogen-bond donors (Lipinski definition) is 0. The summed E-state index contributed by atoms with van der Waals surface area (Å²) in [4.78, 5) is 0. The van der Waals surface area contributed by atoms with E-state index in [1.807, 2.05) is 0 Å². The third kappa shape index (κ3) is 4.11. The lowest BCUT2D eigenvalue weighted by Gasteiger charge is -2.16. The molecule has 0 aliphatic rings. The number of nitriles is 1. The highest BCUT2D eigenvalue weighted by Gasteiger charge is 2.43. The van der Waals surface area contributed by atoms with Gasteiger partial charge in [-0.2, -0.15) is 32.3 Å². The topological polar surface area (TPSA) is 50.8 Å². The number of hydrogen-bond acceptors (Lipinski definition) is 3. The maximum Gasteiger partial charge on any atom is 0.444 e. The second-order valence-corrected chi connectivity index (χ2v) is 5.85. The van der Waals surface area contributed by atoms with Crippen LogP contribution in [0.2, 0.25) is 10.0 Å². The Kier molecular flexibility index (Phi) is 5.56. The summed E-state index contributed by atoms with van der Waals surface area (Å²) in [6.07, 6.45) is -8.55. The lowest BCUT2D eigenvalue weighted by atomic mass is 10.2. The zero-order valence-electron chi connectivity index (χ0n) is 12.0. The number of halogens is 9. The molecule has 0 aliphatic carbocycles. The van der Waals surface area contributed by atoms with E-state index < -0.39 is 45.0 Å². The first-order valence-electron chi connectivity index (χ1n) is 6.28. The van der Waals surface area contributed by atoms with Crippen molar-refractivity contribution in [2.75, 3.05) is 0 Å². The molecule has 0 saturated carbocycles. The average molecular weight is 439 g/mol. The number of benzene rings is 1. The summed E-state index contributed by atoms with van der Waals surface area (Å²) < 4.78 is 82.0. The standard InChI is InChI=1S/C13H4Cl3F6N3O/c14-6-1-5(12(18,19)20)2-7(15)10(6)25-4-9(8(3-23)24-25)26-13(21,22)11(16)17/h1-2,4,11H. The molecule has 0 saturated heterocycles. The van der Waals surface area contributed by atoms with Crippen molar-refractivity contribution in [1.82, 2.24) is 9.78 Å². The van der Waals surface area contributed by atoms with Gasteiger partial charge >= 0.3 is 12.3 Å². The van der Waals surface area contributed by atoms with E-state index in [2.05, 4.69) is 21.4 Å². The monoisotopic (exact) mass is 437 g/mol. The molecule has 1 atom stereocenters. The highest BCUT2D eigenvalue weighted by Crippen LogP contribution is 2.38. The van der Waals surface area contributed by atoms with Gasteiger partial charge in [0.25, 0.3) is 5.63 Å². The van der Waals surface area contributed by atoms with Gasteiger partial charge in [-0.3, -0.25) is 0 Å². The van der Waals surface area contributed by atoms with E-state index in [1.165, 1.54) is 6.07 Å². The quantitative estimate of drug-likeness (QED) is 0.463. The Morgan fingerprint density at radius 3 is 2.12 bits per heavy atom. The fourth-order valence-corrected chi connectivity index (χ4v) is 2.47. The molecule has 2 rings (SSSR count). The molecule has 0 bridgehead atoms. The summed E-state index contributed by atoms with van der Waals surface area (Å²) in [5.41, 5.74) is -5.45. The maximum atomic E-state index is 13.3. The minimum atomic E-state index is -4.74. The fraction of sp³-hybridized carbons (Fsp3) is 0.231. The molecular weight excluding hydrogens is 435 g/mol. The first-order chi connectivity index (χ1) is 11.9.